The van der Waals surface area contributed by atoms with E-state index in [-0.39, 0.29) is 0 Å². The van der Waals surface area contributed by atoms with E-state index in [1.54, 1.807) is 11.3 Å². The number of rotatable bonds is 4. The minimum Gasteiger partial charge on any atom is -0.374 e. The minimum atomic E-state index is -1.29. The Balaban J connectivity index is 1.69. The van der Waals surface area contributed by atoms with Gasteiger partial charge in [0, 0.05) is 0 Å². The summed E-state index contributed by atoms with van der Waals surface area (Å²) in [7, 11) is 0. The molecule has 3 heteroatoms. The number of hydrogen-bond acceptors (Lipinski definition) is 3. The van der Waals surface area contributed by atoms with Crippen LogP contribution in [0.1, 0.15) is 16.1 Å². The van der Waals surface area contributed by atoms with Gasteiger partial charge >= 0.3 is 0 Å². The Morgan fingerprint density at radius 3 is 1.76 bits per heavy atom. The highest BCUT2D eigenvalue weighted by Crippen LogP contribution is 2.41. The lowest BCUT2D eigenvalue weighted by molar-refractivity contribution is 0.125. The van der Waals surface area contributed by atoms with Crippen LogP contribution in [0.15, 0.2) is 109 Å². The molecular formula is C26H19NOS. The first-order valence-electron chi connectivity index (χ1n) is 9.55. The topological polar surface area (TPSA) is 33.1 Å². The van der Waals surface area contributed by atoms with Crippen LogP contribution < -0.4 is 0 Å². The summed E-state index contributed by atoms with van der Waals surface area (Å²) in [4.78, 5) is 4.84. The molecule has 0 fully saturated rings. The first kappa shape index (κ1) is 17.8. The Morgan fingerprint density at radius 2 is 1.17 bits per heavy atom. The Hall–Kier alpha value is -3.27. The molecule has 0 aliphatic rings. The number of nitrogens with zero attached hydrogens (tertiary/aromatic N) is 1. The number of hydrogen-bond donors (Lipinski definition) is 1. The second-order valence-electron chi connectivity index (χ2n) is 7.01. The van der Waals surface area contributed by atoms with Gasteiger partial charge in [-0.15, -0.1) is 11.3 Å². The predicted octanol–water partition coefficient (Wildman–Crippen LogP) is 6.25. The maximum Gasteiger partial charge on any atom is 0.166 e. The zero-order chi connectivity index (χ0) is 19.7. The van der Waals surface area contributed by atoms with Crippen molar-refractivity contribution in [3.63, 3.8) is 0 Å². The molecule has 5 aromatic rings. The van der Waals surface area contributed by atoms with E-state index in [0.29, 0.717) is 5.01 Å². The summed E-state index contributed by atoms with van der Waals surface area (Å²) in [5, 5.41) is 12.6. The summed E-state index contributed by atoms with van der Waals surface area (Å²) in [5.41, 5.74) is 3.55. The fourth-order valence-electron chi connectivity index (χ4n) is 3.66. The Kier molecular flexibility index (Phi) is 4.47. The van der Waals surface area contributed by atoms with Gasteiger partial charge in [-0.1, -0.05) is 97.1 Å². The molecule has 1 heterocycles. The van der Waals surface area contributed by atoms with Gasteiger partial charge in [0.1, 0.15) is 5.01 Å². The minimum absolute atomic E-state index is 0.676. The van der Waals surface area contributed by atoms with Gasteiger partial charge < -0.3 is 5.11 Å². The third kappa shape index (κ3) is 3.15. The third-order valence-corrected chi connectivity index (χ3v) is 6.32. The molecule has 0 radical (unpaired) electrons. The molecule has 0 aliphatic heterocycles. The molecular weight excluding hydrogens is 374 g/mol. The first-order chi connectivity index (χ1) is 14.2. The molecule has 5 rings (SSSR count). The van der Waals surface area contributed by atoms with E-state index in [2.05, 4.69) is 24.3 Å². The number of aliphatic hydroxyl groups is 1. The van der Waals surface area contributed by atoms with Gasteiger partial charge in [0.05, 0.1) is 10.2 Å². The highest BCUT2D eigenvalue weighted by molar-refractivity contribution is 7.18. The molecule has 0 saturated carbocycles. The maximum absolute atomic E-state index is 12.0. The van der Waals surface area contributed by atoms with Gasteiger partial charge in [0.25, 0.3) is 0 Å². The van der Waals surface area contributed by atoms with Crippen LogP contribution in [-0.4, -0.2) is 10.1 Å². The quantitative estimate of drug-likeness (QED) is 0.392. The van der Waals surface area contributed by atoms with Gasteiger partial charge in [0.2, 0.25) is 0 Å². The molecule has 1 N–H and O–H groups in total. The van der Waals surface area contributed by atoms with E-state index in [1.807, 2.05) is 84.9 Å². The van der Waals surface area contributed by atoms with Crippen LogP contribution in [0, 0.1) is 0 Å². The lowest BCUT2D eigenvalue weighted by Crippen LogP contribution is -2.28. The van der Waals surface area contributed by atoms with Gasteiger partial charge in [-0.25, -0.2) is 4.98 Å². The predicted molar refractivity (Wildman–Crippen MR) is 120 cm³/mol. The van der Waals surface area contributed by atoms with Crippen LogP contribution in [0.4, 0.5) is 0 Å². The van der Waals surface area contributed by atoms with E-state index in [0.717, 1.165) is 26.9 Å². The number of aromatic nitrogens is 1. The van der Waals surface area contributed by atoms with E-state index >= 15 is 0 Å². The van der Waals surface area contributed by atoms with Crippen LogP contribution in [0.3, 0.4) is 0 Å². The van der Waals surface area contributed by atoms with Crippen LogP contribution in [-0.2, 0) is 5.60 Å². The van der Waals surface area contributed by atoms with Gasteiger partial charge in [0.15, 0.2) is 5.60 Å². The Labute approximate surface area is 173 Å². The highest BCUT2D eigenvalue weighted by Gasteiger charge is 2.37. The number of fused-ring (bicyclic) bond motifs is 1. The maximum atomic E-state index is 12.0. The van der Waals surface area contributed by atoms with Crippen molar-refractivity contribution in [3.05, 3.63) is 125 Å². The Bertz CT molecular complexity index is 1210. The summed E-state index contributed by atoms with van der Waals surface area (Å²) in [6.45, 7) is 0. The average molecular weight is 394 g/mol. The summed E-state index contributed by atoms with van der Waals surface area (Å²) < 4.78 is 1.06. The summed E-state index contributed by atoms with van der Waals surface area (Å²) >= 11 is 1.54. The SMILES string of the molecule is OC(c1ccccc1)(c1ccccc1)c1nc2ccc(-c3ccccc3)cc2s1. The van der Waals surface area contributed by atoms with E-state index in [1.165, 1.54) is 5.56 Å². The molecule has 4 aromatic carbocycles. The first-order valence-corrected chi connectivity index (χ1v) is 10.4. The number of benzene rings is 4. The molecule has 0 saturated heterocycles. The molecule has 1 aromatic heterocycles. The molecule has 0 atom stereocenters. The largest absolute Gasteiger partial charge is 0.374 e. The van der Waals surface area contributed by atoms with E-state index in [9.17, 15) is 5.11 Å². The fourth-order valence-corrected chi connectivity index (χ4v) is 4.80. The zero-order valence-electron chi connectivity index (χ0n) is 15.7. The van der Waals surface area contributed by atoms with Crippen molar-refractivity contribution in [1.29, 1.82) is 0 Å². The monoisotopic (exact) mass is 393 g/mol. The highest BCUT2D eigenvalue weighted by atomic mass is 32.1. The normalized spacial score (nSPS) is 11.6. The summed E-state index contributed by atoms with van der Waals surface area (Å²) in [5.74, 6) is 0. The van der Waals surface area contributed by atoms with Gasteiger partial charge in [-0.05, 0) is 34.4 Å². The third-order valence-electron chi connectivity index (χ3n) is 5.19. The molecule has 0 bridgehead atoms. The number of thiazole rings is 1. The molecule has 0 aliphatic carbocycles. The lowest BCUT2D eigenvalue weighted by atomic mass is 9.87. The van der Waals surface area contributed by atoms with Crippen molar-refractivity contribution in [1.82, 2.24) is 4.98 Å². The summed E-state index contributed by atoms with van der Waals surface area (Å²) in [6, 6.07) is 36.1. The van der Waals surface area contributed by atoms with Crippen molar-refractivity contribution >= 4 is 21.6 Å². The van der Waals surface area contributed by atoms with Crippen molar-refractivity contribution in [3.8, 4) is 11.1 Å². The smallest absolute Gasteiger partial charge is 0.166 e. The zero-order valence-corrected chi connectivity index (χ0v) is 16.5. The van der Waals surface area contributed by atoms with E-state index in [4.69, 9.17) is 4.98 Å². The van der Waals surface area contributed by atoms with Crippen molar-refractivity contribution in [2.24, 2.45) is 0 Å². The van der Waals surface area contributed by atoms with Crippen molar-refractivity contribution < 1.29 is 5.11 Å². The van der Waals surface area contributed by atoms with E-state index < -0.39 is 5.60 Å². The molecule has 2 nitrogen and oxygen atoms in total. The van der Waals surface area contributed by atoms with Crippen LogP contribution in [0.5, 0.6) is 0 Å². The fraction of sp³-hybridized carbons (Fsp3) is 0.0385. The van der Waals surface area contributed by atoms with Gasteiger partial charge in [-0.3, -0.25) is 0 Å². The second kappa shape index (κ2) is 7.28. The van der Waals surface area contributed by atoms with Crippen molar-refractivity contribution in [2.75, 3.05) is 0 Å². The standard InChI is InChI=1S/C26H19NOS/c28-26(21-12-6-2-7-13-21,22-14-8-3-9-15-22)25-27-23-17-16-20(18-24(23)29-25)19-10-4-1-5-11-19/h1-18,28H. The van der Waals surface area contributed by atoms with Crippen LogP contribution in [0.25, 0.3) is 21.3 Å². The van der Waals surface area contributed by atoms with Crippen LogP contribution >= 0.6 is 11.3 Å². The molecule has 0 unspecified atom stereocenters. The molecule has 29 heavy (non-hydrogen) atoms. The Morgan fingerprint density at radius 1 is 0.621 bits per heavy atom. The molecule has 0 spiro atoms. The second-order valence-corrected chi connectivity index (χ2v) is 8.04. The molecule has 0 amide bonds. The van der Waals surface area contributed by atoms with Crippen LogP contribution in [0.2, 0.25) is 0 Å². The molecule has 140 valence electrons. The summed E-state index contributed by atoms with van der Waals surface area (Å²) in [6.07, 6.45) is 0. The lowest BCUT2D eigenvalue weighted by Gasteiger charge is -2.27. The van der Waals surface area contributed by atoms with Crippen molar-refractivity contribution in [2.45, 2.75) is 5.60 Å². The van der Waals surface area contributed by atoms with Gasteiger partial charge in [-0.2, -0.15) is 0 Å². The average Bonchev–Trinajstić information content (AvgIpc) is 3.24.